The van der Waals surface area contributed by atoms with Crippen LogP contribution in [0.5, 0.6) is 0 Å². The molecule has 0 bridgehead atoms. The van der Waals surface area contributed by atoms with E-state index in [1.807, 2.05) is 18.3 Å². The summed E-state index contributed by atoms with van der Waals surface area (Å²) in [4.78, 5) is 12.0. The molecule has 2 aromatic heterocycles. The average Bonchev–Trinajstić information content (AvgIpc) is 3.08. The predicted octanol–water partition coefficient (Wildman–Crippen LogP) is 4.14. The molecule has 2 heterocycles. The molecule has 0 saturated heterocycles. The van der Waals surface area contributed by atoms with Crippen LogP contribution in [-0.4, -0.2) is 16.5 Å². The molecule has 0 atom stereocenters. The zero-order chi connectivity index (χ0) is 14.9. The first kappa shape index (κ1) is 13.7. The molecular weight excluding hydrogens is 290 g/mol. The van der Waals surface area contributed by atoms with Crippen molar-refractivity contribution in [2.24, 2.45) is 0 Å². The molecule has 0 fully saturated rings. The van der Waals surface area contributed by atoms with Crippen molar-refractivity contribution < 1.29 is 0 Å². The number of nitrogens with zero attached hydrogens (tertiary/aromatic N) is 2. The van der Waals surface area contributed by atoms with Gasteiger partial charge in [-0.3, -0.25) is 0 Å². The minimum Gasteiger partial charge on any atom is -0.369 e. The quantitative estimate of drug-likeness (QED) is 0.787. The largest absolute Gasteiger partial charge is 0.369 e. The molecule has 0 aliphatic heterocycles. The maximum atomic E-state index is 4.67. The number of anilines is 1. The lowest BCUT2D eigenvalue weighted by atomic mass is 10.1. The Morgan fingerprint density at radius 3 is 2.86 bits per heavy atom. The van der Waals surface area contributed by atoms with Gasteiger partial charge < -0.3 is 5.32 Å². The number of hydrogen-bond donors (Lipinski definition) is 1. The van der Waals surface area contributed by atoms with E-state index in [0.29, 0.717) is 0 Å². The van der Waals surface area contributed by atoms with E-state index in [0.717, 1.165) is 29.4 Å². The number of aromatic nitrogens is 2. The van der Waals surface area contributed by atoms with Crippen molar-refractivity contribution in [3.63, 3.8) is 0 Å². The number of nitrogens with one attached hydrogen (secondary N) is 1. The van der Waals surface area contributed by atoms with Gasteiger partial charge in [-0.25, -0.2) is 9.97 Å². The van der Waals surface area contributed by atoms with E-state index in [2.05, 4.69) is 45.6 Å². The first-order valence-corrected chi connectivity index (χ1v) is 8.69. The van der Waals surface area contributed by atoms with E-state index in [4.69, 9.17) is 0 Å². The summed E-state index contributed by atoms with van der Waals surface area (Å²) in [6.45, 7) is 2.88. The number of aryl methyl sites for hydroxylation is 3. The summed E-state index contributed by atoms with van der Waals surface area (Å²) in [7, 11) is 0. The highest BCUT2D eigenvalue weighted by Crippen LogP contribution is 2.39. The molecule has 0 amide bonds. The average molecular weight is 309 g/mol. The second kappa shape index (κ2) is 5.69. The van der Waals surface area contributed by atoms with Gasteiger partial charge in [0.05, 0.1) is 5.39 Å². The molecule has 0 spiro atoms. The first-order valence-electron chi connectivity index (χ1n) is 7.88. The summed E-state index contributed by atoms with van der Waals surface area (Å²) in [5.41, 5.74) is 2.84. The molecular formula is C18H19N3S. The van der Waals surface area contributed by atoms with E-state index < -0.39 is 0 Å². The van der Waals surface area contributed by atoms with Gasteiger partial charge in [0, 0.05) is 11.4 Å². The van der Waals surface area contributed by atoms with Gasteiger partial charge in [0.15, 0.2) is 0 Å². The van der Waals surface area contributed by atoms with Crippen molar-refractivity contribution in [3.05, 3.63) is 52.2 Å². The number of thiophene rings is 1. The van der Waals surface area contributed by atoms with Gasteiger partial charge in [0.2, 0.25) is 0 Å². The summed E-state index contributed by atoms with van der Waals surface area (Å²) in [5.74, 6) is 1.88. The molecule has 1 aliphatic carbocycles. The van der Waals surface area contributed by atoms with Crippen LogP contribution in [0.15, 0.2) is 30.3 Å². The van der Waals surface area contributed by atoms with Crippen LogP contribution in [0, 0.1) is 6.92 Å². The lowest BCUT2D eigenvalue weighted by Crippen LogP contribution is -2.08. The SMILES string of the molecule is Cc1nc(NCCc2ccccc2)c2c3c(sc2n1)CCC3. The maximum Gasteiger partial charge on any atom is 0.138 e. The van der Waals surface area contributed by atoms with Crippen molar-refractivity contribution >= 4 is 27.4 Å². The summed E-state index contributed by atoms with van der Waals surface area (Å²) < 4.78 is 0. The van der Waals surface area contributed by atoms with Gasteiger partial charge >= 0.3 is 0 Å². The number of benzene rings is 1. The summed E-state index contributed by atoms with van der Waals surface area (Å²) in [5, 5.41) is 4.82. The Kier molecular flexibility index (Phi) is 3.54. The van der Waals surface area contributed by atoms with Crippen molar-refractivity contribution in [2.75, 3.05) is 11.9 Å². The van der Waals surface area contributed by atoms with Crippen molar-refractivity contribution in [1.82, 2.24) is 9.97 Å². The van der Waals surface area contributed by atoms with Crippen molar-refractivity contribution in [1.29, 1.82) is 0 Å². The lowest BCUT2D eigenvalue weighted by molar-refractivity contribution is 0.916. The van der Waals surface area contributed by atoms with Crippen molar-refractivity contribution in [3.8, 4) is 0 Å². The molecule has 112 valence electrons. The third kappa shape index (κ3) is 2.48. The van der Waals surface area contributed by atoms with Gasteiger partial charge in [0.25, 0.3) is 0 Å². The molecule has 4 heteroatoms. The van der Waals surface area contributed by atoms with E-state index in [9.17, 15) is 0 Å². The third-order valence-electron chi connectivity index (χ3n) is 4.23. The highest BCUT2D eigenvalue weighted by molar-refractivity contribution is 7.19. The Bertz CT molecular complexity index is 808. The van der Waals surface area contributed by atoms with Gasteiger partial charge in [-0.05, 0) is 43.7 Å². The van der Waals surface area contributed by atoms with Crippen LogP contribution in [0.4, 0.5) is 5.82 Å². The third-order valence-corrected chi connectivity index (χ3v) is 5.41. The smallest absolute Gasteiger partial charge is 0.138 e. The van der Waals surface area contributed by atoms with Crippen LogP contribution >= 0.6 is 11.3 Å². The number of hydrogen-bond acceptors (Lipinski definition) is 4. The minimum absolute atomic E-state index is 0.856. The topological polar surface area (TPSA) is 37.8 Å². The summed E-state index contributed by atoms with van der Waals surface area (Å²) in [6, 6.07) is 10.6. The fourth-order valence-corrected chi connectivity index (χ4v) is 4.51. The van der Waals surface area contributed by atoms with Crippen LogP contribution in [0.2, 0.25) is 0 Å². The fraction of sp³-hybridized carbons (Fsp3) is 0.333. The predicted molar refractivity (Wildman–Crippen MR) is 92.8 cm³/mol. The lowest BCUT2D eigenvalue weighted by Gasteiger charge is -2.09. The molecule has 0 saturated carbocycles. The van der Waals surface area contributed by atoms with Gasteiger partial charge in [-0.1, -0.05) is 30.3 Å². The molecule has 3 nitrogen and oxygen atoms in total. The van der Waals surface area contributed by atoms with Crippen LogP contribution < -0.4 is 5.32 Å². The zero-order valence-electron chi connectivity index (χ0n) is 12.7. The standard InChI is InChI=1S/C18H19N3S/c1-12-20-17(19-11-10-13-6-3-2-4-7-13)16-14-8-5-9-15(14)22-18(16)21-12/h2-4,6-7H,5,8-11H2,1H3,(H,19,20,21). The molecule has 22 heavy (non-hydrogen) atoms. The van der Waals surface area contributed by atoms with Crippen LogP contribution in [0.25, 0.3) is 10.2 Å². The Balaban J connectivity index is 1.61. The second-order valence-corrected chi connectivity index (χ2v) is 6.90. The molecule has 4 rings (SSSR count). The second-order valence-electron chi connectivity index (χ2n) is 5.82. The Labute approximate surface area is 134 Å². The Morgan fingerprint density at radius 1 is 1.14 bits per heavy atom. The maximum absolute atomic E-state index is 4.67. The molecule has 3 aromatic rings. The van der Waals surface area contributed by atoms with Gasteiger partial charge in [-0.2, -0.15) is 0 Å². The van der Waals surface area contributed by atoms with E-state index >= 15 is 0 Å². The van der Waals surface area contributed by atoms with Crippen LogP contribution in [0.3, 0.4) is 0 Å². The number of fused-ring (bicyclic) bond motifs is 3. The number of rotatable bonds is 4. The summed E-state index contributed by atoms with van der Waals surface area (Å²) in [6.07, 6.45) is 4.67. The molecule has 1 N–H and O–H groups in total. The molecule has 1 aromatic carbocycles. The van der Waals surface area contributed by atoms with Crippen molar-refractivity contribution in [2.45, 2.75) is 32.6 Å². The van der Waals surface area contributed by atoms with Gasteiger partial charge in [-0.15, -0.1) is 11.3 Å². The van der Waals surface area contributed by atoms with Gasteiger partial charge in [0.1, 0.15) is 16.5 Å². The van der Waals surface area contributed by atoms with Crippen LogP contribution in [0.1, 0.15) is 28.2 Å². The monoisotopic (exact) mass is 309 g/mol. The van der Waals surface area contributed by atoms with E-state index in [1.54, 1.807) is 0 Å². The zero-order valence-corrected chi connectivity index (χ0v) is 13.5. The highest BCUT2D eigenvalue weighted by Gasteiger charge is 2.21. The molecule has 1 aliphatic rings. The van der Waals surface area contributed by atoms with E-state index in [1.165, 1.54) is 40.7 Å². The highest BCUT2D eigenvalue weighted by atomic mass is 32.1. The molecule has 0 unspecified atom stereocenters. The van der Waals surface area contributed by atoms with E-state index in [-0.39, 0.29) is 0 Å². The Hall–Kier alpha value is -1.94. The fourth-order valence-electron chi connectivity index (χ4n) is 3.20. The summed E-state index contributed by atoms with van der Waals surface area (Å²) >= 11 is 1.85. The Morgan fingerprint density at radius 2 is 2.00 bits per heavy atom. The first-order chi connectivity index (χ1) is 10.8. The molecule has 0 radical (unpaired) electrons. The normalized spacial score (nSPS) is 13.5. The van der Waals surface area contributed by atoms with Crippen LogP contribution in [-0.2, 0) is 19.3 Å². The minimum atomic E-state index is 0.856.